The number of hydrogen-bond donors (Lipinski definition) is 1. The van der Waals surface area contributed by atoms with Gasteiger partial charge in [-0.05, 0) is 39.5 Å². The number of piperidine rings is 1. The Morgan fingerprint density at radius 1 is 1.21 bits per heavy atom. The number of halogens is 2. The zero-order chi connectivity index (χ0) is 14.0. The normalized spacial score (nSPS) is 33.8. The monoisotopic (exact) mass is 276 g/mol. The van der Waals surface area contributed by atoms with Gasteiger partial charge in [0.2, 0.25) is 0 Å². The number of ether oxygens (including phenoxy) is 1. The number of likely N-dealkylation sites (tertiary alicyclic amines) is 1. The fraction of sp³-hybridized carbons (Fsp3) is 1.00. The second-order valence-corrected chi connectivity index (χ2v) is 6.18. The maximum absolute atomic E-state index is 13.6. The van der Waals surface area contributed by atoms with E-state index in [0.717, 1.165) is 25.9 Å². The molecular formula is C14H26F2N2O. The lowest BCUT2D eigenvalue weighted by molar-refractivity contribution is -0.140. The van der Waals surface area contributed by atoms with Gasteiger partial charge in [0.25, 0.3) is 5.92 Å². The molecule has 0 aromatic heterocycles. The molecule has 0 aromatic carbocycles. The lowest BCUT2D eigenvalue weighted by Crippen LogP contribution is -2.54. The predicted octanol–water partition coefficient (Wildman–Crippen LogP) is 2.39. The first kappa shape index (κ1) is 15.1. The summed E-state index contributed by atoms with van der Waals surface area (Å²) in [6.07, 6.45) is 2.55. The maximum atomic E-state index is 13.6. The number of nitrogens with zero attached hydrogens (tertiary/aromatic N) is 1. The van der Waals surface area contributed by atoms with Crippen molar-refractivity contribution in [1.29, 1.82) is 0 Å². The molecule has 2 rings (SSSR count). The third-order valence-corrected chi connectivity index (χ3v) is 4.46. The predicted molar refractivity (Wildman–Crippen MR) is 71.4 cm³/mol. The van der Waals surface area contributed by atoms with Crippen LogP contribution in [0.25, 0.3) is 0 Å². The summed E-state index contributed by atoms with van der Waals surface area (Å²) in [5.41, 5.74) is 5.66. The molecule has 0 aromatic rings. The van der Waals surface area contributed by atoms with E-state index in [-0.39, 0.29) is 12.5 Å². The Bertz CT molecular complexity index is 291. The maximum Gasteiger partial charge on any atom is 0.265 e. The minimum atomic E-state index is -2.76. The van der Waals surface area contributed by atoms with Crippen molar-refractivity contribution in [2.24, 2.45) is 5.73 Å². The van der Waals surface area contributed by atoms with Gasteiger partial charge in [-0.2, -0.15) is 0 Å². The molecule has 0 radical (unpaired) electrons. The summed E-state index contributed by atoms with van der Waals surface area (Å²) in [7, 11) is 0. The highest BCUT2D eigenvalue weighted by Gasteiger charge is 2.46. The molecule has 2 fully saturated rings. The van der Waals surface area contributed by atoms with Crippen LogP contribution in [-0.4, -0.2) is 48.2 Å². The van der Waals surface area contributed by atoms with Crippen molar-refractivity contribution < 1.29 is 13.5 Å². The van der Waals surface area contributed by atoms with Crippen molar-refractivity contribution in [3.05, 3.63) is 0 Å². The van der Waals surface area contributed by atoms with Crippen LogP contribution in [0.4, 0.5) is 8.78 Å². The van der Waals surface area contributed by atoms with Crippen molar-refractivity contribution in [1.82, 2.24) is 4.90 Å². The van der Waals surface area contributed by atoms with E-state index in [4.69, 9.17) is 10.5 Å². The first-order valence-corrected chi connectivity index (χ1v) is 7.43. The first-order valence-electron chi connectivity index (χ1n) is 7.43. The van der Waals surface area contributed by atoms with Crippen LogP contribution in [0.1, 0.15) is 46.0 Å². The lowest BCUT2D eigenvalue weighted by Gasteiger charge is -2.40. The largest absolute Gasteiger partial charge is 0.373 e. The van der Waals surface area contributed by atoms with Crippen molar-refractivity contribution >= 4 is 0 Å². The van der Waals surface area contributed by atoms with Crippen LogP contribution in [0.2, 0.25) is 0 Å². The van der Waals surface area contributed by atoms with Crippen LogP contribution < -0.4 is 5.73 Å². The number of hydrogen-bond acceptors (Lipinski definition) is 3. The van der Waals surface area contributed by atoms with E-state index in [1.165, 1.54) is 0 Å². The van der Waals surface area contributed by atoms with Crippen LogP contribution in [0, 0.1) is 0 Å². The van der Waals surface area contributed by atoms with Crippen LogP contribution in [0.5, 0.6) is 0 Å². The average Bonchev–Trinajstić information content (AvgIpc) is 2.35. The lowest BCUT2D eigenvalue weighted by atomic mass is 9.89. The highest BCUT2D eigenvalue weighted by atomic mass is 19.3. The van der Waals surface area contributed by atoms with Gasteiger partial charge in [0.15, 0.2) is 0 Å². The number of nitrogens with two attached hydrogens (primary N) is 1. The second kappa shape index (κ2) is 6.02. The van der Waals surface area contributed by atoms with E-state index >= 15 is 0 Å². The highest BCUT2D eigenvalue weighted by Crippen LogP contribution is 2.35. The Hall–Kier alpha value is -0.260. The third kappa shape index (κ3) is 3.64. The van der Waals surface area contributed by atoms with Crippen LogP contribution in [-0.2, 0) is 4.74 Å². The molecule has 1 aliphatic heterocycles. The van der Waals surface area contributed by atoms with E-state index in [1.807, 2.05) is 0 Å². The highest BCUT2D eigenvalue weighted by molar-refractivity contribution is 4.92. The van der Waals surface area contributed by atoms with E-state index in [0.29, 0.717) is 18.9 Å². The van der Waals surface area contributed by atoms with Gasteiger partial charge in [0.05, 0.1) is 18.2 Å². The van der Waals surface area contributed by atoms with Crippen molar-refractivity contribution in [2.45, 2.75) is 76.2 Å². The molecule has 1 aliphatic carbocycles. The Labute approximate surface area is 114 Å². The van der Waals surface area contributed by atoms with Gasteiger partial charge in [-0.25, -0.2) is 8.78 Å². The summed E-state index contributed by atoms with van der Waals surface area (Å²) >= 11 is 0. The van der Waals surface area contributed by atoms with Gasteiger partial charge < -0.3 is 15.4 Å². The molecule has 19 heavy (non-hydrogen) atoms. The quantitative estimate of drug-likeness (QED) is 0.860. The van der Waals surface area contributed by atoms with Gasteiger partial charge in [-0.3, -0.25) is 0 Å². The zero-order valence-electron chi connectivity index (χ0n) is 11.9. The Kier molecular flexibility index (Phi) is 4.79. The molecule has 3 nitrogen and oxygen atoms in total. The summed E-state index contributed by atoms with van der Waals surface area (Å²) in [5, 5.41) is 0. The minimum absolute atomic E-state index is 0.0972. The van der Waals surface area contributed by atoms with Crippen molar-refractivity contribution in [2.75, 3.05) is 13.1 Å². The molecule has 2 aliphatic rings. The average molecular weight is 276 g/mol. The van der Waals surface area contributed by atoms with E-state index in [9.17, 15) is 8.78 Å². The Morgan fingerprint density at radius 2 is 1.84 bits per heavy atom. The molecule has 0 spiro atoms. The topological polar surface area (TPSA) is 38.5 Å². The Balaban J connectivity index is 1.82. The molecular weight excluding hydrogens is 250 g/mol. The first-order chi connectivity index (χ1) is 8.90. The summed E-state index contributed by atoms with van der Waals surface area (Å²) < 4.78 is 33.0. The fourth-order valence-corrected chi connectivity index (χ4v) is 3.09. The van der Waals surface area contributed by atoms with Gasteiger partial charge in [0, 0.05) is 25.6 Å². The second-order valence-electron chi connectivity index (χ2n) is 6.18. The summed E-state index contributed by atoms with van der Waals surface area (Å²) in [5.74, 6) is -2.76. The van der Waals surface area contributed by atoms with E-state index < -0.39 is 18.1 Å². The zero-order valence-corrected chi connectivity index (χ0v) is 11.9. The van der Waals surface area contributed by atoms with Crippen LogP contribution >= 0.6 is 0 Å². The third-order valence-electron chi connectivity index (χ3n) is 4.46. The van der Waals surface area contributed by atoms with Gasteiger partial charge in [-0.15, -0.1) is 0 Å². The number of alkyl halides is 2. The molecule has 1 saturated carbocycles. The summed E-state index contributed by atoms with van der Waals surface area (Å²) in [6.45, 7) is 6.33. The smallest absolute Gasteiger partial charge is 0.265 e. The molecule has 1 saturated heterocycles. The molecule has 0 amide bonds. The fourth-order valence-electron chi connectivity index (χ4n) is 3.09. The van der Waals surface area contributed by atoms with Gasteiger partial charge in [-0.1, -0.05) is 0 Å². The van der Waals surface area contributed by atoms with Gasteiger partial charge >= 0.3 is 0 Å². The van der Waals surface area contributed by atoms with E-state index in [1.54, 1.807) is 0 Å². The van der Waals surface area contributed by atoms with Gasteiger partial charge in [0.1, 0.15) is 0 Å². The molecule has 5 heteroatoms. The van der Waals surface area contributed by atoms with Crippen molar-refractivity contribution in [3.8, 4) is 0 Å². The Morgan fingerprint density at radius 3 is 2.42 bits per heavy atom. The summed E-state index contributed by atoms with van der Waals surface area (Å²) in [4.78, 5) is 2.40. The SMILES string of the molecule is CC(C)N1CCC(O[C@H]2CCCC(F)(F)[C@@H]2N)CC1. The molecule has 2 atom stereocenters. The molecule has 1 heterocycles. The summed E-state index contributed by atoms with van der Waals surface area (Å²) in [6, 6.07) is -0.591. The van der Waals surface area contributed by atoms with Crippen molar-refractivity contribution in [3.63, 3.8) is 0 Å². The molecule has 0 bridgehead atoms. The van der Waals surface area contributed by atoms with Crippen LogP contribution in [0.3, 0.4) is 0 Å². The van der Waals surface area contributed by atoms with E-state index in [2.05, 4.69) is 18.7 Å². The molecule has 2 N–H and O–H groups in total. The molecule has 0 unspecified atom stereocenters. The standard InChI is InChI=1S/C14H26F2N2O/c1-10(2)18-8-5-11(6-9-18)19-12-4-3-7-14(15,16)13(12)17/h10-13H,3-9,17H2,1-2H3/t12-,13+/m0/s1. The van der Waals surface area contributed by atoms with Crippen LogP contribution in [0.15, 0.2) is 0 Å². The number of rotatable bonds is 3. The molecule has 112 valence electrons. The minimum Gasteiger partial charge on any atom is -0.373 e.